The van der Waals surface area contributed by atoms with Crippen molar-refractivity contribution >= 4 is 34.7 Å². The molecule has 1 aromatic rings. The van der Waals surface area contributed by atoms with Crippen molar-refractivity contribution in [3.8, 4) is 0 Å². The monoisotopic (exact) mass is 272 g/mol. The van der Waals surface area contributed by atoms with Crippen LogP contribution in [0.25, 0.3) is 0 Å². The Morgan fingerprint density at radius 1 is 1.59 bits per heavy atom. The van der Waals surface area contributed by atoms with Crippen molar-refractivity contribution in [2.45, 2.75) is 25.3 Å². The number of hydrogen-bond acceptors (Lipinski definition) is 3. The van der Waals surface area contributed by atoms with Crippen molar-refractivity contribution in [1.29, 1.82) is 0 Å². The van der Waals surface area contributed by atoms with E-state index >= 15 is 0 Å². The molecule has 1 aliphatic carbocycles. The van der Waals surface area contributed by atoms with Gasteiger partial charge in [-0.1, -0.05) is 18.6 Å². The van der Waals surface area contributed by atoms with Gasteiger partial charge in [-0.3, -0.25) is 4.79 Å². The number of carbonyl (C=O) groups excluding carboxylic acids is 1. The molecule has 3 N–H and O–H groups in total. The van der Waals surface area contributed by atoms with Crippen molar-refractivity contribution in [3.63, 3.8) is 0 Å². The first kappa shape index (κ1) is 12.4. The average molecular weight is 273 g/mol. The van der Waals surface area contributed by atoms with Crippen molar-refractivity contribution in [1.82, 2.24) is 5.32 Å². The predicted octanol–water partition coefficient (Wildman–Crippen LogP) is 2.12. The largest absolute Gasteiger partial charge is 0.452 e. The number of thiocarbonyl (C=S) groups is 1. The van der Waals surface area contributed by atoms with E-state index in [4.69, 9.17) is 34.0 Å². The van der Waals surface area contributed by atoms with Crippen LogP contribution in [0.3, 0.4) is 0 Å². The number of hydrogen-bond donors (Lipinski definition) is 2. The second-order valence-corrected chi connectivity index (χ2v) is 4.94. The fraction of sp³-hybridized carbons (Fsp3) is 0.455. The summed E-state index contributed by atoms with van der Waals surface area (Å²) in [5.41, 5.74) is 6.00. The van der Waals surface area contributed by atoms with E-state index in [2.05, 4.69) is 5.32 Å². The number of rotatable bonds is 3. The van der Waals surface area contributed by atoms with E-state index in [1.165, 1.54) is 6.26 Å². The summed E-state index contributed by atoms with van der Waals surface area (Å²) in [6.07, 6.45) is 4.23. The van der Waals surface area contributed by atoms with Gasteiger partial charge in [0.25, 0.3) is 5.91 Å². The number of nitrogens with two attached hydrogens (primary N) is 1. The molecule has 0 aromatic carbocycles. The molecule has 1 aliphatic rings. The Balaban J connectivity index is 2.04. The molecule has 2 atom stereocenters. The van der Waals surface area contributed by atoms with E-state index < -0.39 is 0 Å². The summed E-state index contributed by atoms with van der Waals surface area (Å²) in [6.45, 7) is 0. The molecule has 2 unspecified atom stereocenters. The van der Waals surface area contributed by atoms with E-state index in [1.807, 2.05) is 0 Å². The summed E-state index contributed by atoms with van der Waals surface area (Å²) in [4.78, 5) is 12.4. The van der Waals surface area contributed by atoms with Gasteiger partial charge in [0.1, 0.15) is 0 Å². The molecule has 0 radical (unpaired) electrons. The third kappa shape index (κ3) is 2.61. The first-order valence-corrected chi connectivity index (χ1v) is 6.21. The van der Waals surface area contributed by atoms with E-state index in [0.717, 1.165) is 19.3 Å². The highest BCUT2D eigenvalue weighted by Gasteiger charge is 2.31. The quantitative estimate of drug-likeness (QED) is 0.827. The van der Waals surface area contributed by atoms with E-state index in [-0.39, 0.29) is 23.1 Å². The highest BCUT2D eigenvalue weighted by molar-refractivity contribution is 7.80. The summed E-state index contributed by atoms with van der Waals surface area (Å²) in [5, 5.41) is 3.01. The number of furan rings is 1. The van der Waals surface area contributed by atoms with Crippen molar-refractivity contribution in [2.75, 3.05) is 0 Å². The zero-order valence-corrected chi connectivity index (χ0v) is 10.7. The fourth-order valence-corrected chi connectivity index (χ4v) is 2.66. The minimum absolute atomic E-state index is 0.00552. The molecule has 0 aliphatic heterocycles. The molecule has 2 rings (SSSR count). The van der Waals surface area contributed by atoms with Crippen LogP contribution in [0.4, 0.5) is 0 Å². The summed E-state index contributed by atoms with van der Waals surface area (Å²) in [6, 6.07) is 1.55. The van der Waals surface area contributed by atoms with Gasteiger partial charge < -0.3 is 15.5 Å². The van der Waals surface area contributed by atoms with Crippen LogP contribution in [0.1, 0.15) is 29.6 Å². The molecule has 4 nitrogen and oxygen atoms in total. The van der Waals surface area contributed by atoms with E-state index in [0.29, 0.717) is 10.6 Å². The Morgan fingerprint density at radius 3 is 2.94 bits per heavy atom. The van der Waals surface area contributed by atoms with Crippen LogP contribution in [0, 0.1) is 5.92 Å². The Hall–Kier alpha value is -1.07. The van der Waals surface area contributed by atoms with Crippen LogP contribution in [-0.2, 0) is 0 Å². The first-order valence-electron chi connectivity index (χ1n) is 5.42. The third-order valence-corrected chi connectivity index (χ3v) is 3.66. The van der Waals surface area contributed by atoms with Gasteiger partial charge >= 0.3 is 0 Å². The predicted molar refractivity (Wildman–Crippen MR) is 69.1 cm³/mol. The highest BCUT2D eigenvalue weighted by Crippen LogP contribution is 2.26. The molecule has 0 bridgehead atoms. The molecular weight excluding hydrogens is 260 g/mol. The first-order chi connectivity index (χ1) is 8.09. The number of carbonyl (C=O) groups is 1. The minimum Gasteiger partial charge on any atom is -0.452 e. The van der Waals surface area contributed by atoms with Crippen LogP contribution in [0.15, 0.2) is 16.7 Å². The fourth-order valence-electron chi connectivity index (χ4n) is 2.18. The smallest absolute Gasteiger partial charge is 0.256 e. The Labute approximate surface area is 109 Å². The SMILES string of the molecule is NC(=S)C1CCCC1NC(=O)c1ccoc1Cl. The molecule has 0 saturated heterocycles. The van der Waals surface area contributed by atoms with Gasteiger partial charge in [0, 0.05) is 12.0 Å². The molecular formula is C11H13ClN2O2S. The lowest BCUT2D eigenvalue weighted by Gasteiger charge is -2.19. The Morgan fingerprint density at radius 2 is 2.35 bits per heavy atom. The maximum absolute atomic E-state index is 11.9. The molecule has 1 fully saturated rings. The lowest BCUT2D eigenvalue weighted by molar-refractivity contribution is 0.0933. The molecule has 17 heavy (non-hydrogen) atoms. The van der Waals surface area contributed by atoms with Crippen LogP contribution in [-0.4, -0.2) is 16.9 Å². The molecule has 6 heteroatoms. The van der Waals surface area contributed by atoms with Crippen LogP contribution in [0.5, 0.6) is 0 Å². The summed E-state index contributed by atoms with van der Waals surface area (Å²) < 4.78 is 4.88. The zero-order valence-electron chi connectivity index (χ0n) is 9.11. The lowest BCUT2D eigenvalue weighted by Crippen LogP contribution is -2.41. The van der Waals surface area contributed by atoms with Crippen molar-refractivity contribution in [2.24, 2.45) is 11.7 Å². The number of amides is 1. The topological polar surface area (TPSA) is 68.3 Å². The molecule has 1 heterocycles. The van der Waals surface area contributed by atoms with Crippen molar-refractivity contribution in [3.05, 3.63) is 23.1 Å². The van der Waals surface area contributed by atoms with Gasteiger partial charge in [-0.2, -0.15) is 0 Å². The van der Waals surface area contributed by atoms with Crippen LogP contribution in [0.2, 0.25) is 5.22 Å². The van der Waals surface area contributed by atoms with Gasteiger partial charge in [0.05, 0.1) is 16.8 Å². The number of halogens is 1. The maximum Gasteiger partial charge on any atom is 0.256 e. The molecule has 1 saturated carbocycles. The molecule has 1 aromatic heterocycles. The second kappa shape index (κ2) is 5.06. The van der Waals surface area contributed by atoms with Gasteiger partial charge in [-0.25, -0.2) is 0 Å². The van der Waals surface area contributed by atoms with Gasteiger partial charge in [-0.05, 0) is 30.5 Å². The Kier molecular flexibility index (Phi) is 3.69. The molecule has 92 valence electrons. The highest BCUT2D eigenvalue weighted by atomic mass is 35.5. The number of nitrogens with one attached hydrogen (secondary N) is 1. The van der Waals surface area contributed by atoms with Crippen molar-refractivity contribution < 1.29 is 9.21 Å². The normalized spacial score (nSPS) is 23.6. The van der Waals surface area contributed by atoms with E-state index in [9.17, 15) is 4.79 Å². The summed E-state index contributed by atoms with van der Waals surface area (Å²) >= 11 is 10.7. The van der Waals surface area contributed by atoms with Crippen LogP contribution >= 0.6 is 23.8 Å². The van der Waals surface area contributed by atoms with Gasteiger partial charge in [0.15, 0.2) is 0 Å². The standard InChI is InChI=1S/C11H13ClN2O2S/c12-9-7(4-5-16-9)11(15)14-8-3-1-2-6(8)10(13)17/h4-6,8H,1-3H2,(H2,13,17)(H,14,15). The van der Waals surface area contributed by atoms with Gasteiger partial charge in [-0.15, -0.1) is 0 Å². The zero-order chi connectivity index (χ0) is 12.4. The van der Waals surface area contributed by atoms with Gasteiger partial charge in [0.2, 0.25) is 5.22 Å². The minimum atomic E-state index is -0.239. The lowest BCUT2D eigenvalue weighted by atomic mass is 10.0. The molecule has 0 spiro atoms. The summed E-state index contributed by atoms with van der Waals surface area (Å²) in [7, 11) is 0. The summed E-state index contributed by atoms with van der Waals surface area (Å²) in [5.74, 6) is -0.156. The average Bonchev–Trinajstić information content (AvgIpc) is 2.86. The maximum atomic E-state index is 11.9. The van der Waals surface area contributed by atoms with Crippen LogP contribution < -0.4 is 11.1 Å². The third-order valence-electron chi connectivity index (χ3n) is 3.06. The molecule has 1 amide bonds. The van der Waals surface area contributed by atoms with E-state index in [1.54, 1.807) is 6.07 Å². The Bertz CT molecular complexity index is 446. The second-order valence-electron chi connectivity index (χ2n) is 4.13.